The number of hydrogen-bond donors (Lipinski definition) is 0. The minimum Gasteiger partial charge on any atom is -0.453 e. The Morgan fingerprint density at radius 2 is 2.12 bits per heavy atom. The quantitative estimate of drug-likeness (QED) is 0.491. The van der Waals surface area contributed by atoms with Crippen LogP contribution >= 0.6 is 0 Å². The summed E-state index contributed by atoms with van der Waals surface area (Å²) >= 11 is 0. The van der Waals surface area contributed by atoms with E-state index < -0.39 is 12.7 Å². The van der Waals surface area contributed by atoms with Crippen LogP contribution in [0.4, 0.5) is 0 Å². The summed E-state index contributed by atoms with van der Waals surface area (Å²) in [5.41, 5.74) is 5.17. The highest BCUT2D eigenvalue weighted by atomic mass is 16.3. The summed E-state index contributed by atoms with van der Waals surface area (Å²) in [4.78, 5) is 4.57. The number of pyridine rings is 2. The van der Waals surface area contributed by atoms with Crippen molar-refractivity contribution in [3.8, 4) is 11.3 Å². The van der Waals surface area contributed by atoms with Crippen molar-refractivity contribution < 1.29 is 14.5 Å². The van der Waals surface area contributed by atoms with Crippen molar-refractivity contribution in [3.63, 3.8) is 0 Å². The molecule has 0 spiro atoms. The number of nitrogens with zero attached hydrogens (tertiary/aromatic N) is 2. The molecule has 0 saturated carbocycles. The molecule has 0 bridgehead atoms. The largest absolute Gasteiger partial charge is 0.453 e. The molecule has 0 aliphatic rings. The zero-order chi connectivity index (χ0) is 20.3. The van der Waals surface area contributed by atoms with E-state index in [2.05, 4.69) is 4.98 Å². The average Bonchev–Trinajstić information content (AvgIpc) is 3.00. The molecule has 1 atom stereocenters. The topological polar surface area (TPSA) is 29.9 Å². The van der Waals surface area contributed by atoms with Crippen molar-refractivity contribution in [1.29, 1.82) is 0 Å². The first kappa shape index (κ1) is 11.0. The standard InChI is InChI=1S/C21H21N2O/c1-13(2)15-9-10-23(4)17(11-15)19-14(3)12-22-20-16-7-5-6-8-18(16)24-21(19)20/h5-13H,1-4H3/q+1/i1D3,13D. The zero-order valence-corrected chi connectivity index (χ0v) is 13.9. The molecular weight excluding hydrogens is 296 g/mol. The maximum Gasteiger partial charge on any atom is 0.216 e. The van der Waals surface area contributed by atoms with Gasteiger partial charge in [-0.25, -0.2) is 4.57 Å². The molecule has 3 nitrogen and oxygen atoms in total. The minimum absolute atomic E-state index is 0.432. The van der Waals surface area contributed by atoms with E-state index in [1.54, 1.807) is 24.5 Å². The maximum absolute atomic E-state index is 8.45. The molecule has 0 amide bonds. The SMILES string of the molecule is [2H]C([2H])([2H])C([2H])(C)c1cc[n+](C)c(-c2c(C)cnc3c2oc2ccccc23)c1. The van der Waals surface area contributed by atoms with Crippen LogP contribution in [-0.2, 0) is 7.05 Å². The van der Waals surface area contributed by atoms with Crippen molar-refractivity contribution in [2.75, 3.05) is 0 Å². The Morgan fingerprint density at radius 1 is 1.29 bits per heavy atom. The monoisotopic (exact) mass is 321 g/mol. The van der Waals surface area contributed by atoms with E-state index in [0.29, 0.717) is 11.1 Å². The first-order valence-electron chi connectivity index (χ1n) is 9.88. The number of hydrogen-bond acceptors (Lipinski definition) is 2. The van der Waals surface area contributed by atoms with Gasteiger partial charge in [0, 0.05) is 29.2 Å². The van der Waals surface area contributed by atoms with E-state index >= 15 is 0 Å². The van der Waals surface area contributed by atoms with Crippen LogP contribution in [0.15, 0.2) is 53.2 Å². The number of aryl methyl sites for hydroxylation is 2. The van der Waals surface area contributed by atoms with E-state index in [1.807, 2.05) is 42.8 Å². The van der Waals surface area contributed by atoms with Crippen LogP contribution in [0, 0.1) is 6.92 Å². The second-order valence-electron chi connectivity index (χ2n) is 6.13. The highest BCUT2D eigenvalue weighted by Gasteiger charge is 2.22. The van der Waals surface area contributed by atoms with E-state index in [4.69, 9.17) is 9.90 Å². The van der Waals surface area contributed by atoms with Crippen molar-refractivity contribution in [3.05, 3.63) is 59.9 Å². The number of fused-ring (bicyclic) bond motifs is 3. The normalized spacial score (nSPS) is 17.1. The van der Waals surface area contributed by atoms with Gasteiger partial charge in [0.15, 0.2) is 11.8 Å². The number of benzene rings is 1. The fourth-order valence-corrected chi connectivity index (χ4v) is 3.10. The van der Waals surface area contributed by atoms with Crippen molar-refractivity contribution >= 4 is 22.1 Å². The van der Waals surface area contributed by atoms with Crippen LogP contribution in [0.3, 0.4) is 0 Å². The lowest BCUT2D eigenvalue weighted by molar-refractivity contribution is -0.660. The molecule has 3 heteroatoms. The first-order valence-corrected chi connectivity index (χ1v) is 7.88. The van der Waals surface area contributed by atoms with Gasteiger partial charge in [-0.2, -0.15) is 0 Å². The number of furan rings is 1. The predicted molar refractivity (Wildman–Crippen MR) is 97.0 cm³/mol. The summed E-state index contributed by atoms with van der Waals surface area (Å²) in [6, 6.07) is 11.2. The third-order valence-corrected chi connectivity index (χ3v) is 4.42. The first-order chi connectivity index (χ1) is 13.1. The second kappa shape index (κ2) is 5.45. The Labute approximate surface area is 147 Å². The highest BCUT2D eigenvalue weighted by Crippen LogP contribution is 2.35. The predicted octanol–water partition coefficient (Wildman–Crippen LogP) is 4.90. The smallest absolute Gasteiger partial charge is 0.216 e. The van der Waals surface area contributed by atoms with E-state index in [0.717, 1.165) is 33.3 Å². The molecule has 3 aromatic heterocycles. The van der Waals surface area contributed by atoms with Crippen LogP contribution in [0.2, 0.25) is 0 Å². The third-order valence-electron chi connectivity index (χ3n) is 4.42. The van der Waals surface area contributed by atoms with Gasteiger partial charge in [-0.15, -0.1) is 0 Å². The van der Waals surface area contributed by atoms with Crippen LogP contribution in [0.5, 0.6) is 0 Å². The summed E-state index contributed by atoms with van der Waals surface area (Å²) in [7, 11) is 1.89. The molecule has 24 heavy (non-hydrogen) atoms. The zero-order valence-electron chi connectivity index (χ0n) is 17.9. The lowest BCUT2D eigenvalue weighted by Crippen LogP contribution is -2.31. The van der Waals surface area contributed by atoms with Crippen molar-refractivity contribution in [2.24, 2.45) is 7.05 Å². The van der Waals surface area contributed by atoms with E-state index in [-0.39, 0.29) is 0 Å². The Morgan fingerprint density at radius 3 is 2.96 bits per heavy atom. The Balaban J connectivity index is 2.03. The number of para-hydroxylation sites is 1. The van der Waals surface area contributed by atoms with Gasteiger partial charge < -0.3 is 4.42 Å². The fourth-order valence-electron chi connectivity index (χ4n) is 3.10. The Kier molecular flexibility index (Phi) is 2.49. The fraction of sp³-hybridized carbons (Fsp3) is 0.238. The van der Waals surface area contributed by atoms with Gasteiger partial charge in [0.1, 0.15) is 18.1 Å². The van der Waals surface area contributed by atoms with E-state index in [1.165, 1.54) is 6.92 Å². The van der Waals surface area contributed by atoms with Gasteiger partial charge in [0.25, 0.3) is 0 Å². The third kappa shape index (κ3) is 2.20. The molecule has 0 aliphatic carbocycles. The lowest BCUT2D eigenvalue weighted by Gasteiger charge is -2.09. The van der Waals surface area contributed by atoms with Gasteiger partial charge >= 0.3 is 0 Å². The summed E-state index contributed by atoms with van der Waals surface area (Å²) in [5.74, 6) is -1.72. The van der Waals surface area contributed by atoms with Crippen molar-refractivity contribution in [2.45, 2.75) is 26.6 Å². The Hall–Kier alpha value is -2.68. The van der Waals surface area contributed by atoms with Gasteiger partial charge in [-0.1, -0.05) is 25.9 Å². The molecular formula is C21H21N2O+. The number of rotatable bonds is 2. The summed E-state index contributed by atoms with van der Waals surface area (Å²) in [6.07, 6.45) is 3.59. The molecule has 0 aliphatic heterocycles. The van der Waals surface area contributed by atoms with Crippen LogP contribution < -0.4 is 4.57 Å². The second-order valence-corrected chi connectivity index (χ2v) is 6.13. The lowest BCUT2D eigenvalue weighted by atomic mass is 9.99. The molecule has 4 rings (SSSR count). The summed E-state index contributed by atoms with van der Waals surface area (Å²) in [6.45, 7) is 0.937. The molecule has 1 unspecified atom stereocenters. The van der Waals surface area contributed by atoms with Gasteiger partial charge in [-0.05, 0) is 36.1 Å². The molecule has 0 saturated heterocycles. The van der Waals surface area contributed by atoms with Gasteiger partial charge in [0.2, 0.25) is 5.69 Å². The molecule has 0 radical (unpaired) electrons. The van der Waals surface area contributed by atoms with Gasteiger partial charge in [-0.3, -0.25) is 4.98 Å². The van der Waals surface area contributed by atoms with Crippen LogP contribution in [0.1, 0.15) is 36.3 Å². The minimum atomic E-state index is -2.44. The average molecular weight is 321 g/mol. The molecule has 0 N–H and O–H groups in total. The van der Waals surface area contributed by atoms with Crippen LogP contribution in [0.25, 0.3) is 33.3 Å². The Bertz CT molecular complexity index is 1210. The van der Waals surface area contributed by atoms with Gasteiger partial charge in [0.05, 0.1) is 5.56 Å². The van der Waals surface area contributed by atoms with E-state index in [9.17, 15) is 0 Å². The molecule has 1 aromatic carbocycles. The summed E-state index contributed by atoms with van der Waals surface area (Å²) in [5, 5.41) is 0.936. The summed E-state index contributed by atoms with van der Waals surface area (Å²) < 4.78 is 39.8. The van der Waals surface area contributed by atoms with Crippen molar-refractivity contribution in [1.82, 2.24) is 4.98 Å². The molecule has 120 valence electrons. The molecule has 3 heterocycles. The van der Waals surface area contributed by atoms with Crippen LogP contribution in [-0.4, -0.2) is 4.98 Å². The maximum atomic E-state index is 8.45. The molecule has 0 fully saturated rings. The molecule has 4 aromatic rings. The highest BCUT2D eigenvalue weighted by molar-refractivity contribution is 6.07. The number of aromatic nitrogens is 2.